The highest BCUT2D eigenvalue weighted by Crippen LogP contribution is 2.24. The Morgan fingerprint density at radius 3 is 2.50 bits per heavy atom. The van der Waals surface area contributed by atoms with Crippen molar-refractivity contribution in [1.82, 2.24) is 0 Å². The number of benzene rings is 2. The maximum Gasteiger partial charge on any atom is 0.120 e. The van der Waals surface area contributed by atoms with Crippen molar-refractivity contribution in [3.05, 3.63) is 48.0 Å². The minimum atomic E-state index is 0.286. The first kappa shape index (κ1) is 10.4. The molecular weight excluding hydrogens is 200 g/mol. The first-order chi connectivity index (χ1) is 7.65. The zero-order valence-corrected chi connectivity index (χ0v) is 9.07. The van der Waals surface area contributed by atoms with E-state index in [1.165, 1.54) is 0 Å². The van der Waals surface area contributed by atoms with Crippen LogP contribution in [-0.4, -0.2) is 5.11 Å². The predicted molar refractivity (Wildman–Crippen MR) is 67.0 cm³/mol. The molecule has 3 nitrogen and oxygen atoms in total. The lowest BCUT2D eigenvalue weighted by Gasteiger charge is -2.08. The van der Waals surface area contributed by atoms with Crippen molar-refractivity contribution in [3.63, 3.8) is 0 Å². The minimum absolute atomic E-state index is 0.286. The van der Waals surface area contributed by atoms with Crippen molar-refractivity contribution in [3.8, 4) is 5.75 Å². The zero-order chi connectivity index (χ0) is 11.5. The summed E-state index contributed by atoms with van der Waals surface area (Å²) >= 11 is 0. The third-order valence-corrected chi connectivity index (χ3v) is 2.38. The van der Waals surface area contributed by atoms with Gasteiger partial charge in [0.25, 0.3) is 0 Å². The van der Waals surface area contributed by atoms with Gasteiger partial charge in [0, 0.05) is 23.1 Å². The minimum Gasteiger partial charge on any atom is -0.508 e. The molecule has 16 heavy (non-hydrogen) atoms. The second-order valence-corrected chi connectivity index (χ2v) is 3.75. The molecule has 82 valence electrons. The van der Waals surface area contributed by atoms with E-state index in [9.17, 15) is 5.11 Å². The molecule has 0 saturated carbocycles. The maximum absolute atomic E-state index is 9.57. The molecule has 2 aromatic carbocycles. The molecule has 0 bridgehead atoms. The number of hydrogen-bond acceptors (Lipinski definition) is 3. The van der Waals surface area contributed by atoms with Crippen molar-refractivity contribution in [1.29, 1.82) is 0 Å². The monoisotopic (exact) mass is 214 g/mol. The van der Waals surface area contributed by atoms with Crippen LogP contribution in [-0.2, 0) is 0 Å². The molecule has 0 saturated heterocycles. The van der Waals surface area contributed by atoms with Gasteiger partial charge < -0.3 is 16.2 Å². The molecule has 0 aliphatic heterocycles. The van der Waals surface area contributed by atoms with E-state index in [1.54, 1.807) is 6.07 Å². The van der Waals surface area contributed by atoms with Crippen LogP contribution in [0.4, 0.5) is 17.1 Å². The average Bonchev–Trinajstić information content (AvgIpc) is 2.24. The number of nitrogen functional groups attached to an aromatic ring is 1. The highest BCUT2D eigenvalue weighted by atomic mass is 16.3. The molecule has 4 N–H and O–H groups in total. The van der Waals surface area contributed by atoms with Gasteiger partial charge >= 0.3 is 0 Å². The fourth-order valence-corrected chi connectivity index (χ4v) is 1.47. The average molecular weight is 214 g/mol. The summed E-state index contributed by atoms with van der Waals surface area (Å²) in [7, 11) is 0. The van der Waals surface area contributed by atoms with Gasteiger partial charge in [0.15, 0.2) is 0 Å². The molecule has 0 radical (unpaired) electrons. The van der Waals surface area contributed by atoms with Gasteiger partial charge in [-0.2, -0.15) is 0 Å². The molecule has 0 heterocycles. The van der Waals surface area contributed by atoms with Crippen LogP contribution in [0, 0.1) is 6.92 Å². The number of hydrogen-bond donors (Lipinski definition) is 3. The van der Waals surface area contributed by atoms with E-state index in [0.717, 1.165) is 16.9 Å². The van der Waals surface area contributed by atoms with Crippen molar-refractivity contribution in [2.75, 3.05) is 11.1 Å². The first-order valence-corrected chi connectivity index (χ1v) is 5.07. The summed E-state index contributed by atoms with van der Waals surface area (Å²) in [6, 6.07) is 13.0. The quantitative estimate of drug-likeness (QED) is 0.673. The number of phenols is 1. The van der Waals surface area contributed by atoms with Crippen LogP contribution in [0.15, 0.2) is 42.5 Å². The Bertz CT molecular complexity index is 509. The van der Waals surface area contributed by atoms with Gasteiger partial charge in [-0.05, 0) is 36.8 Å². The number of phenolic OH excluding ortho intramolecular Hbond substituents is 1. The SMILES string of the molecule is Cc1ccc(Nc2cccc(N)c2)cc1O. The molecule has 0 unspecified atom stereocenters. The molecule has 0 aliphatic rings. The molecular formula is C13H14N2O. The summed E-state index contributed by atoms with van der Waals surface area (Å²) < 4.78 is 0. The number of rotatable bonds is 2. The molecule has 0 fully saturated rings. The Kier molecular flexibility index (Phi) is 2.68. The van der Waals surface area contributed by atoms with Crippen molar-refractivity contribution < 1.29 is 5.11 Å². The number of nitrogens with two attached hydrogens (primary N) is 1. The molecule has 2 rings (SSSR count). The van der Waals surface area contributed by atoms with Crippen LogP contribution in [0.5, 0.6) is 5.75 Å². The van der Waals surface area contributed by atoms with E-state index in [2.05, 4.69) is 5.32 Å². The largest absolute Gasteiger partial charge is 0.508 e. The Hall–Kier alpha value is -2.16. The number of aryl methyl sites for hydroxylation is 1. The van der Waals surface area contributed by atoms with E-state index in [0.29, 0.717) is 5.69 Å². The number of aromatic hydroxyl groups is 1. The van der Waals surface area contributed by atoms with Crippen LogP contribution >= 0.6 is 0 Å². The standard InChI is InChI=1S/C13H14N2O/c1-9-5-6-12(8-13(9)16)15-11-4-2-3-10(14)7-11/h2-8,15-16H,14H2,1H3. The van der Waals surface area contributed by atoms with Gasteiger partial charge in [-0.3, -0.25) is 0 Å². The summed E-state index contributed by atoms with van der Waals surface area (Å²) in [5.74, 6) is 0.286. The summed E-state index contributed by atoms with van der Waals surface area (Å²) in [4.78, 5) is 0. The summed E-state index contributed by atoms with van der Waals surface area (Å²) in [5.41, 5.74) is 8.99. The molecule has 0 aromatic heterocycles. The summed E-state index contributed by atoms with van der Waals surface area (Å²) in [6.45, 7) is 1.86. The van der Waals surface area contributed by atoms with Crippen molar-refractivity contribution in [2.45, 2.75) is 6.92 Å². The van der Waals surface area contributed by atoms with Gasteiger partial charge in [0.1, 0.15) is 5.75 Å². The smallest absolute Gasteiger partial charge is 0.120 e. The Labute approximate surface area is 94.5 Å². The molecule has 0 amide bonds. The van der Waals surface area contributed by atoms with E-state index >= 15 is 0 Å². The van der Waals surface area contributed by atoms with Gasteiger partial charge in [0.2, 0.25) is 0 Å². The second kappa shape index (κ2) is 4.14. The topological polar surface area (TPSA) is 58.3 Å². The van der Waals surface area contributed by atoms with Gasteiger partial charge in [-0.1, -0.05) is 12.1 Å². The van der Waals surface area contributed by atoms with Gasteiger partial charge in [0.05, 0.1) is 0 Å². The van der Waals surface area contributed by atoms with E-state index in [1.807, 2.05) is 43.3 Å². The predicted octanol–water partition coefficient (Wildman–Crippen LogP) is 3.03. The van der Waals surface area contributed by atoms with Crippen LogP contribution in [0.3, 0.4) is 0 Å². The Morgan fingerprint density at radius 2 is 1.81 bits per heavy atom. The van der Waals surface area contributed by atoms with Crippen molar-refractivity contribution in [2.24, 2.45) is 0 Å². The third kappa shape index (κ3) is 2.25. The maximum atomic E-state index is 9.57. The lowest BCUT2D eigenvalue weighted by Crippen LogP contribution is -1.92. The normalized spacial score (nSPS) is 10.1. The van der Waals surface area contributed by atoms with E-state index < -0.39 is 0 Å². The van der Waals surface area contributed by atoms with Crippen LogP contribution in [0.1, 0.15) is 5.56 Å². The van der Waals surface area contributed by atoms with Gasteiger partial charge in [-0.25, -0.2) is 0 Å². The summed E-state index contributed by atoms with van der Waals surface area (Å²) in [6.07, 6.45) is 0. The highest BCUT2D eigenvalue weighted by Gasteiger charge is 1.99. The van der Waals surface area contributed by atoms with Crippen LogP contribution < -0.4 is 11.1 Å². The first-order valence-electron chi connectivity index (χ1n) is 5.07. The van der Waals surface area contributed by atoms with Crippen LogP contribution in [0.2, 0.25) is 0 Å². The van der Waals surface area contributed by atoms with E-state index in [4.69, 9.17) is 5.73 Å². The number of nitrogens with one attached hydrogen (secondary N) is 1. The van der Waals surface area contributed by atoms with Crippen molar-refractivity contribution >= 4 is 17.1 Å². The highest BCUT2D eigenvalue weighted by molar-refractivity contribution is 5.65. The molecule has 0 spiro atoms. The number of anilines is 3. The molecule has 0 atom stereocenters. The second-order valence-electron chi connectivity index (χ2n) is 3.75. The Morgan fingerprint density at radius 1 is 1.06 bits per heavy atom. The fraction of sp³-hybridized carbons (Fsp3) is 0.0769. The van der Waals surface area contributed by atoms with Crippen LogP contribution in [0.25, 0.3) is 0 Å². The van der Waals surface area contributed by atoms with E-state index in [-0.39, 0.29) is 5.75 Å². The zero-order valence-electron chi connectivity index (χ0n) is 9.07. The summed E-state index contributed by atoms with van der Waals surface area (Å²) in [5, 5.41) is 12.7. The fourth-order valence-electron chi connectivity index (χ4n) is 1.47. The third-order valence-electron chi connectivity index (χ3n) is 2.38. The Balaban J connectivity index is 2.24. The molecule has 0 aliphatic carbocycles. The molecule has 2 aromatic rings. The van der Waals surface area contributed by atoms with Gasteiger partial charge in [-0.15, -0.1) is 0 Å². The molecule has 3 heteroatoms. The lowest BCUT2D eigenvalue weighted by atomic mass is 10.2. The lowest BCUT2D eigenvalue weighted by molar-refractivity contribution is 0.471.